The average molecular weight is 565 g/mol. The van der Waals surface area contributed by atoms with Crippen LogP contribution in [0.1, 0.15) is 51.6 Å². The Hall–Kier alpha value is -3.75. The predicted octanol–water partition coefficient (Wildman–Crippen LogP) is -2.52. The molecular weight excluding hydrogens is 536 g/mol. The number of nitrogens with one attached hydrogen (secondary N) is 2. The molecular formula is C26H29B2N3O10. The third-order valence-electron chi connectivity index (χ3n) is 7.64. The van der Waals surface area contributed by atoms with Crippen LogP contribution in [-0.2, 0) is 32.1 Å². The van der Waals surface area contributed by atoms with Gasteiger partial charge in [0, 0.05) is 23.7 Å². The molecule has 5 rings (SSSR count). The minimum absolute atomic E-state index is 0.0572. The number of carbonyl (C=O) groups excluding carboxylic acids is 3. The van der Waals surface area contributed by atoms with Gasteiger partial charge >= 0.3 is 20.2 Å². The Morgan fingerprint density at radius 2 is 1.49 bits per heavy atom. The highest BCUT2D eigenvalue weighted by molar-refractivity contribution is 6.62. The summed E-state index contributed by atoms with van der Waals surface area (Å²) in [5, 5.41) is 45.0. The summed E-state index contributed by atoms with van der Waals surface area (Å²) in [6, 6.07) is 6.17. The lowest BCUT2D eigenvalue weighted by atomic mass is 9.78. The zero-order valence-corrected chi connectivity index (χ0v) is 22.1. The molecule has 41 heavy (non-hydrogen) atoms. The minimum atomic E-state index is -1.34. The van der Waals surface area contributed by atoms with Crippen molar-refractivity contribution in [1.82, 2.24) is 15.5 Å². The number of likely N-dealkylation sites (tertiary alicyclic amines) is 1. The largest absolute Gasteiger partial charge is 0.491 e. The van der Waals surface area contributed by atoms with Crippen molar-refractivity contribution in [1.29, 1.82) is 0 Å². The highest BCUT2D eigenvalue weighted by Crippen LogP contribution is 2.23. The Balaban J connectivity index is 1.39. The smallest absolute Gasteiger partial charge is 0.481 e. The molecule has 2 aromatic rings. The third kappa shape index (κ3) is 5.99. The summed E-state index contributed by atoms with van der Waals surface area (Å²) in [7, 11) is -2.35. The van der Waals surface area contributed by atoms with E-state index in [9.17, 15) is 39.4 Å². The molecule has 1 saturated heterocycles. The molecule has 0 spiro atoms. The van der Waals surface area contributed by atoms with Crippen LogP contribution < -0.4 is 21.6 Å². The van der Waals surface area contributed by atoms with E-state index in [2.05, 4.69) is 10.6 Å². The Labute approximate surface area is 235 Å². The van der Waals surface area contributed by atoms with Crippen LogP contribution in [0.3, 0.4) is 0 Å². The van der Waals surface area contributed by atoms with Gasteiger partial charge < -0.3 is 45.1 Å². The molecule has 0 bridgehead atoms. The average Bonchev–Trinajstić information content (AvgIpc) is 3.62. The van der Waals surface area contributed by atoms with E-state index < -0.39 is 68.6 Å². The molecule has 2 aromatic carbocycles. The van der Waals surface area contributed by atoms with Gasteiger partial charge in [0.2, 0.25) is 5.91 Å². The zero-order chi connectivity index (χ0) is 29.4. The summed E-state index contributed by atoms with van der Waals surface area (Å²) < 4.78 is 10.3. The number of carboxylic acid groups (broad SMARTS) is 1. The minimum Gasteiger partial charge on any atom is -0.481 e. The topological polar surface area (TPSA) is 195 Å². The Kier molecular flexibility index (Phi) is 8.16. The number of aliphatic carboxylic acids is 1. The van der Waals surface area contributed by atoms with Gasteiger partial charge in [0.15, 0.2) is 0 Å². The second-order valence-corrected chi connectivity index (χ2v) is 10.5. The van der Waals surface area contributed by atoms with E-state index in [1.807, 2.05) is 0 Å². The first-order chi connectivity index (χ1) is 19.5. The lowest BCUT2D eigenvalue weighted by Gasteiger charge is -2.32. The van der Waals surface area contributed by atoms with Gasteiger partial charge in [-0.15, -0.1) is 0 Å². The van der Waals surface area contributed by atoms with Gasteiger partial charge in [-0.3, -0.25) is 19.2 Å². The maximum atomic E-state index is 13.8. The van der Waals surface area contributed by atoms with Crippen molar-refractivity contribution in [3.63, 3.8) is 0 Å². The van der Waals surface area contributed by atoms with Crippen LogP contribution in [-0.4, -0.2) is 93.9 Å². The van der Waals surface area contributed by atoms with Gasteiger partial charge in [-0.2, -0.15) is 0 Å². The molecule has 0 saturated carbocycles. The number of carboxylic acids is 1. The number of β-amino-alcohol motifs (C(OH)–C–C–N with tert-alkyl or cyclic N) is 1. The summed E-state index contributed by atoms with van der Waals surface area (Å²) in [6.45, 7) is 1.79. The van der Waals surface area contributed by atoms with E-state index in [0.717, 1.165) is 11.1 Å². The van der Waals surface area contributed by atoms with E-state index in [1.165, 1.54) is 30.0 Å². The summed E-state index contributed by atoms with van der Waals surface area (Å²) >= 11 is 0. The lowest BCUT2D eigenvalue weighted by molar-refractivity contribution is -0.140. The Morgan fingerprint density at radius 3 is 2.02 bits per heavy atom. The fourth-order valence-electron chi connectivity index (χ4n) is 5.45. The van der Waals surface area contributed by atoms with Crippen LogP contribution in [0, 0.1) is 0 Å². The van der Waals surface area contributed by atoms with Crippen LogP contribution in [0.15, 0.2) is 36.4 Å². The zero-order valence-electron chi connectivity index (χ0n) is 22.1. The first kappa shape index (κ1) is 28.8. The van der Waals surface area contributed by atoms with Crippen molar-refractivity contribution < 1.29 is 48.7 Å². The van der Waals surface area contributed by atoms with Crippen molar-refractivity contribution >= 4 is 48.9 Å². The first-order valence-electron chi connectivity index (χ1n) is 13.2. The molecule has 15 heteroatoms. The normalized spacial score (nSPS) is 20.8. The molecule has 13 nitrogen and oxygen atoms in total. The summed E-state index contributed by atoms with van der Waals surface area (Å²) in [5.74, 6) is -3.06. The molecule has 214 valence electrons. The van der Waals surface area contributed by atoms with E-state index in [-0.39, 0.29) is 37.3 Å². The fraction of sp³-hybridized carbons (Fsp3) is 0.385. The third-order valence-corrected chi connectivity index (χ3v) is 7.64. The molecule has 4 atom stereocenters. The number of rotatable bonds is 8. The number of carbonyl (C=O) groups is 4. The van der Waals surface area contributed by atoms with Gasteiger partial charge in [-0.05, 0) is 59.7 Å². The fourth-order valence-corrected chi connectivity index (χ4v) is 5.45. The van der Waals surface area contributed by atoms with Crippen LogP contribution >= 0.6 is 0 Å². The van der Waals surface area contributed by atoms with Gasteiger partial charge in [-0.25, -0.2) is 0 Å². The van der Waals surface area contributed by atoms with E-state index in [1.54, 1.807) is 18.2 Å². The first-order valence-corrected chi connectivity index (χ1v) is 13.2. The van der Waals surface area contributed by atoms with Crippen molar-refractivity contribution in [3.8, 4) is 0 Å². The Morgan fingerprint density at radius 1 is 0.951 bits per heavy atom. The number of amides is 3. The molecule has 3 aliphatic heterocycles. The van der Waals surface area contributed by atoms with Crippen LogP contribution in [0.4, 0.5) is 0 Å². The van der Waals surface area contributed by atoms with E-state index in [4.69, 9.17) is 9.31 Å². The maximum absolute atomic E-state index is 13.8. The molecule has 3 amide bonds. The van der Waals surface area contributed by atoms with Gasteiger partial charge in [0.1, 0.15) is 6.04 Å². The molecule has 6 N–H and O–H groups in total. The maximum Gasteiger partial charge on any atom is 0.491 e. The molecule has 3 heterocycles. The number of benzene rings is 2. The number of aliphatic hydroxyl groups is 1. The quantitative estimate of drug-likeness (QED) is 0.186. The number of aliphatic hydroxyl groups excluding tert-OH is 1. The van der Waals surface area contributed by atoms with Crippen molar-refractivity contribution in [2.45, 2.75) is 57.2 Å². The molecule has 0 radical (unpaired) electrons. The number of nitrogens with zero attached hydrogens (tertiary/aromatic N) is 1. The molecule has 1 unspecified atom stereocenters. The summed E-state index contributed by atoms with van der Waals surface area (Å²) in [4.78, 5) is 52.9. The van der Waals surface area contributed by atoms with Gasteiger partial charge in [-0.1, -0.05) is 12.1 Å². The summed E-state index contributed by atoms with van der Waals surface area (Å²) in [6.07, 6.45) is -1.28. The second kappa shape index (κ2) is 11.6. The van der Waals surface area contributed by atoms with Crippen LogP contribution in [0.5, 0.6) is 0 Å². The number of hydrogen-bond acceptors (Lipinski definition) is 9. The van der Waals surface area contributed by atoms with Crippen molar-refractivity contribution in [2.75, 3.05) is 6.54 Å². The van der Waals surface area contributed by atoms with Crippen molar-refractivity contribution in [3.05, 3.63) is 58.7 Å². The monoisotopic (exact) mass is 565 g/mol. The molecule has 3 aliphatic rings. The molecule has 1 fully saturated rings. The molecule has 0 aromatic heterocycles. The predicted molar refractivity (Wildman–Crippen MR) is 144 cm³/mol. The SMILES string of the molecule is C[C@H](NC(=O)c1ccc2c(c1)B(O)OC2)[C@H](NC(=O)c1ccc2c(c1)B(O)OC2)C(=O)N1CC(O)C[C@H]1CC(=O)O. The number of hydrogen-bond donors (Lipinski definition) is 6. The van der Waals surface area contributed by atoms with Crippen LogP contribution in [0.25, 0.3) is 0 Å². The standard InChI is InChI=1S/C26H29B2N3O10/c1-13(29-24(35)14-2-4-16-11-40-27(38)20(16)6-14)23(26(37)31-10-19(32)8-18(31)9-22(33)34)30-25(36)15-3-5-17-12-41-28(39)21(17)7-15/h2-7,13,18-19,23,32,38-39H,8-12H2,1H3,(H,29,35)(H,30,36)(H,33,34)/t13-,18-,19?,23-/m0/s1. The number of fused-ring (bicyclic) bond motifs is 2. The molecule has 0 aliphatic carbocycles. The summed E-state index contributed by atoms with van der Waals surface area (Å²) in [5.41, 5.74) is 2.68. The van der Waals surface area contributed by atoms with Crippen molar-refractivity contribution in [2.24, 2.45) is 0 Å². The van der Waals surface area contributed by atoms with E-state index >= 15 is 0 Å². The highest BCUT2D eigenvalue weighted by Gasteiger charge is 2.41. The van der Waals surface area contributed by atoms with Gasteiger partial charge in [0.05, 0.1) is 31.8 Å². The van der Waals surface area contributed by atoms with Gasteiger partial charge in [0.25, 0.3) is 11.8 Å². The van der Waals surface area contributed by atoms with Crippen LogP contribution in [0.2, 0.25) is 0 Å². The highest BCUT2D eigenvalue weighted by atomic mass is 16.5. The van der Waals surface area contributed by atoms with E-state index in [0.29, 0.717) is 10.9 Å². The lowest BCUT2D eigenvalue weighted by Crippen LogP contribution is -2.59. The second-order valence-electron chi connectivity index (χ2n) is 10.5. The Bertz CT molecular complexity index is 1390.